The number of aliphatic carboxylic acids is 1. The number of carbonyl (C=O) groups is 2. The van der Waals surface area contributed by atoms with Crippen LogP contribution in [0.3, 0.4) is 0 Å². The minimum absolute atomic E-state index is 0.0430. The lowest BCUT2D eigenvalue weighted by atomic mass is 9.66. The summed E-state index contributed by atoms with van der Waals surface area (Å²) < 4.78 is 5.55. The van der Waals surface area contributed by atoms with Gasteiger partial charge in [-0.1, -0.05) is 38.1 Å². The third-order valence-corrected chi connectivity index (χ3v) is 4.58. The van der Waals surface area contributed by atoms with E-state index < -0.39 is 11.4 Å². The number of carboxylic acid groups (broad SMARTS) is 1. The van der Waals surface area contributed by atoms with Crippen molar-refractivity contribution in [2.75, 3.05) is 7.11 Å². The fraction of sp³-hybridized carbons (Fsp3) is 0.474. The Bertz CT molecular complexity index is 630. The molecule has 1 N–H and O–H groups in total. The first-order chi connectivity index (χ1) is 10.9. The molecule has 124 valence electrons. The second kappa shape index (κ2) is 6.99. The standard InChI is InChI=1S/C19H24O4/c1-13(2)8-10-19(11-9-18(21)22)15-7-5-4-6-14(15)16(20)12-17(19)23-3/h4-7,12-13H,8-11H2,1-3H3,(H,21,22). The molecule has 0 bridgehead atoms. The summed E-state index contributed by atoms with van der Waals surface area (Å²) in [5.41, 5.74) is 1.01. The topological polar surface area (TPSA) is 63.6 Å². The molecule has 0 aromatic heterocycles. The zero-order valence-corrected chi connectivity index (χ0v) is 14.0. The highest BCUT2D eigenvalue weighted by Crippen LogP contribution is 2.46. The molecule has 0 fully saturated rings. The zero-order valence-electron chi connectivity index (χ0n) is 14.0. The van der Waals surface area contributed by atoms with Crippen molar-refractivity contribution in [2.45, 2.75) is 44.9 Å². The Kier molecular flexibility index (Phi) is 5.24. The first-order valence-corrected chi connectivity index (χ1v) is 8.02. The molecule has 1 aliphatic rings. The monoisotopic (exact) mass is 316 g/mol. The Labute approximate surface area is 137 Å². The number of allylic oxidation sites excluding steroid dienone is 2. The van der Waals surface area contributed by atoms with Crippen LogP contribution in [0.5, 0.6) is 0 Å². The molecule has 4 nitrogen and oxygen atoms in total. The van der Waals surface area contributed by atoms with Gasteiger partial charge >= 0.3 is 5.97 Å². The van der Waals surface area contributed by atoms with Crippen molar-refractivity contribution in [3.05, 3.63) is 47.2 Å². The smallest absolute Gasteiger partial charge is 0.303 e. The van der Waals surface area contributed by atoms with Crippen molar-refractivity contribution < 1.29 is 19.4 Å². The molecular formula is C19H24O4. The fourth-order valence-corrected chi connectivity index (χ4v) is 3.33. The number of ether oxygens (including phenoxy) is 1. The van der Waals surface area contributed by atoms with Gasteiger partial charge in [0, 0.05) is 18.1 Å². The van der Waals surface area contributed by atoms with E-state index in [4.69, 9.17) is 9.84 Å². The van der Waals surface area contributed by atoms with Crippen LogP contribution in [-0.2, 0) is 14.9 Å². The summed E-state index contributed by atoms with van der Waals surface area (Å²) in [7, 11) is 1.55. The first kappa shape index (κ1) is 17.3. The molecule has 0 radical (unpaired) electrons. The van der Waals surface area contributed by atoms with Gasteiger partial charge < -0.3 is 9.84 Å². The number of fused-ring (bicyclic) bond motifs is 1. The lowest BCUT2D eigenvalue weighted by Crippen LogP contribution is -2.36. The van der Waals surface area contributed by atoms with Crippen molar-refractivity contribution in [2.24, 2.45) is 5.92 Å². The van der Waals surface area contributed by atoms with Gasteiger partial charge in [-0.15, -0.1) is 0 Å². The molecule has 0 amide bonds. The van der Waals surface area contributed by atoms with Gasteiger partial charge in [-0.25, -0.2) is 0 Å². The Morgan fingerprint density at radius 1 is 1.26 bits per heavy atom. The van der Waals surface area contributed by atoms with Gasteiger partial charge in [0.1, 0.15) is 5.76 Å². The van der Waals surface area contributed by atoms with E-state index in [1.807, 2.05) is 24.3 Å². The normalized spacial score (nSPS) is 20.2. The van der Waals surface area contributed by atoms with E-state index in [-0.39, 0.29) is 12.2 Å². The largest absolute Gasteiger partial charge is 0.500 e. The highest BCUT2D eigenvalue weighted by atomic mass is 16.5. The van der Waals surface area contributed by atoms with Gasteiger partial charge in [-0.05, 0) is 30.7 Å². The molecule has 0 aliphatic heterocycles. The Morgan fingerprint density at radius 2 is 1.96 bits per heavy atom. The van der Waals surface area contributed by atoms with Crippen LogP contribution in [0.4, 0.5) is 0 Å². The van der Waals surface area contributed by atoms with Crippen LogP contribution < -0.4 is 0 Å². The second-order valence-corrected chi connectivity index (χ2v) is 6.53. The van der Waals surface area contributed by atoms with Crippen LogP contribution in [0.25, 0.3) is 0 Å². The average molecular weight is 316 g/mol. The lowest BCUT2D eigenvalue weighted by molar-refractivity contribution is -0.137. The summed E-state index contributed by atoms with van der Waals surface area (Å²) in [6.45, 7) is 4.28. The fourth-order valence-electron chi connectivity index (χ4n) is 3.33. The first-order valence-electron chi connectivity index (χ1n) is 8.02. The minimum Gasteiger partial charge on any atom is -0.500 e. The summed E-state index contributed by atoms with van der Waals surface area (Å²) in [5.74, 6) is 0.161. The van der Waals surface area contributed by atoms with Gasteiger partial charge in [0.2, 0.25) is 0 Å². The predicted octanol–water partition coefficient (Wildman–Crippen LogP) is 3.95. The zero-order chi connectivity index (χ0) is 17.0. The van der Waals surface area contributed by atoms with Crippen LogP contribution in [0.1, 0.15) is 55.5 Å². The third-order valence-electron chi connectivity index (χ3n) is 4.58. The van der Waals surface area contributed by atoms with Crippen molar-refractivity contribution in [1.82, 2.24) is 0 Å². The summed E-state index contributed by atoms with van der Waals surface area (Å²) in [6.07, 6.45) is 3.70. The number of hydrogen-bond donors (Lipinski definition) is 1. The van der Waals surface area contributed by atoms with E-state index in [0.717, 1.165) is 18.4 Å². The molecule has 1 aromatic carbocycles. The highest BCUT2D eigenvalue weighted by Gasteiger charge is 2.43. The number of methoxy groups -OCH3 is 1. The molecule has 1 unspecified atom stereocenters. The lowest BCUT2D eigenvalue weighted by Gasteiger charge is -2.39. The van der Waals surface area contributed by atoms with Gasteiger partial charge in [0.25, 0.3) is 0 Å². The Balaban J connectivity index is 2.55. The molecule has 1 atom stereocenters. The molecule has 23 heavy (non-hydrogen) atoms. The van der Waals surface area contributed by atoms with Crippen LogP contribution in [-0.4, -0.2) is 24.0 Å². The number of hydrogen-bond acceptors (Lipinski definition) is 3. The Morgan fingerprint density at radius 3 is 2.57 bits per heavy atom. The number of benzene rings is 1. The molecule has 4 heteroatoms. The van der Waals surface area contributed by atoms with E-state index in [0.29, 0.717) is 23.7 Å². The maximum absolute atomic E-state index is 12.3. The van der Waals surface area contributed by atoms with Gasteiger partial charge in [0.15, 0.2) is 5.78 Å². The van der Waals surface area contributed by atoms with E-state index in [2.05, 4.69) is 13.8 Å². The van der Waals surface area contributed by atoms with Crippen LogP contribution in [0, 0.1) is 5.92 Å². The number of carbonyl (C=O) groups excluding carboxylic acids is 1. The van der Waals surface area contributed by atoms with E-state index in [9.17, 15) is 9.59 Å². The van der Waals surface area contributed by atoms with Gasteiger partial charge in [-0.3, -0.25) is 9.59 Å². The summed E-state index contributed by atoms with van der Waals surface area (Å²) >= 11 is 0. The minimum atomic E-state index is -0.834. The van der Waals surface area contributed by atoms with E-state index >= 15 is 0 Å². The van der Waals surface area contributed by atoms with Crippen molar-refractivity contribution in [3.63, 3.8) is 0 Å². The molecule has 0 spiro atoms. The molecule has 1 aliphatic carbocycles. The number of carboxylic acids is 1. The van der Waals surface area contributed by atoms with Gasteiger partial charge in [0.05, 0.1) is 12.5 Å². The predicted molar refractivity (Wildman–Crippen MR) is 88.5 cm³/mol. The van der Waals surface area contributed by atoms with Crippen molar-refractivity contribution in [1.29, 1.82) is 0 Å². The summed E-state index contributed by atoms with van der Waals surface area (Å²) in [6, 6.07) is 7.48. The molecule has 0 saturated carbocycles. The Hall–Kier alpha value is -2.10. The molecule has 1 aromatic rings. The number of ketones is 1. The van der Waals surface area contributed by atoms with E-state index in [1.54, 1.807) is 7.11 Å². The highest BCUT2D eigenvalue weighted by molar-refractivity contribution is 6.08. The average Bonchev–Trinajstić information content (AvgIpc) is 2.53. The van der Waals surface area contributed by atoms with Crippen molar-refractivity contribution >= 4 is 11.8 Å². The SMILES string of the molecule is COC1=CC(=O)c2ccccc2C1(CCC(=O)O)CCC(C)C. The third kappa shape index (κ3) is 3.46. The molecular weight excluding hydrogens is 292 g/mol. The molecule has 0 saturated heterocycles. The summed E-state index contributed by atoms with van der Waals surface area (Å²) in [4.78, 5) is 23.5. The maximum Gasteiger partial charge on any atom is 0.303 e. The maximum atomic E-state index is 12.3. The molecule has 2 rings (SSSR count). The quantitative estimate of drug-likeness (QED) is 0.827. The molecule has 0 heterocycles. The second-order valence-electron chi connectivity index (χ2n) is 6.53. The number of rotatable bonds is 7. The van der Waals surface area contributed by atoms with Crippen LogP contribution in [0.15, 0.2) is 36.1 Å². The van der Waals surface area contributed by atoms with Crippen LogP contribution in [0.2, 0.25) is 0 Å². The van der Waals surface area contributed by atoms with Gasteiger partial charge in [-0.2, -0.15) is 0 Å². The summed E-state index contributed by atoms with van der Waals surface area (Å²) in [5, 5.41) is 9.17. The van der Waals surface area contributed by atoms with Crippen molar-refractivity contribution in [3.8, 4) is 0 Å². The van der Waals surface area contributed by atoms with E-state index in [1.165, 1.54) is 6.08 Å². The van der Waals surface area contributed by atoms with Crippen LogP contribution >= 0.6 is 0 Å².